The molecule has 0 spiro atoms. The molecule has 5 heteroatoms. The van der Waals surface area contributed by atoms with Gasteiger partial charge in [-0.3, -0.25) is 0 Å². The van der Waals surface area contributed by atoms with Crippen molar-refractivity contribution in [3.8, 4) is 0 Å². The van der Waals surface area contributed by atoms with E-state index in [1.807, 2.05) is 13.8 Å². The molecule has 0 aliphatic carbocycles. The van der Waals surface area contributed by atoms with E-state index >= 15 is 0 Å². The fourth-order valence-electron chi connectivity index (χ4n) is 0.786. The van der Waals surface area contributed by atoms with Crippen molar-refractivity contribution in [2.24, 2.45) is 0 Å². The van der Waals surface area contributed by atoms with Crippen LogP contribution in [-0.2, 0) is 34.8 Å². The molecule has 0 amide bonds. The monoisotopic (exact) mass is 225 g/mol. The SMILES string of the molecule is CC[O][Ti]([CH2]COC(C)=O)[O]CC. The van der Waals surface area contributed by atoms with E-state index in [0.29, 0.717) is 19.8 Å². The normalized spacial score (nSPS) is 9.77. The summed E-state index contributed by atoms with van der Waals surface area (Å²) in [6, 6.07) is 0. The number of hydrogen-bond donors (Lipinski definition) is 0. The van der Waals surface area contributed by atoms with Crippen molar-refractivity contribution in [1.29, 1.82) is 0 Å². The van der Waals surface area contributed by atoms with Gasteiger partial charge in [-0.2, -0.15) is 0 Å². The van der Waals surface area contributed by atoms with E-state index in [-0.39, 0.29) is 5.97 Å². The van der Waals surface area contributed by atoms with Gasteiger partial charge in [-0.25, -0.2) is 0 Å². The summed E-state index contributed by atoms with van der Waals surface area (Å²) < 4.78 is 16.4. The van der Waals surface area contributed by atoms with E-state index in [1.165, 1.54) is 6.92 Å². The first-order valence-electron chi connectivity index (χ1n) is 4.45. The van der Waals surface area contributed by atoms with Crippen LogP contribution in [-0.4, -0.2) is 25.8 Å². The Balaban J connectivity index is 3.49. The average Bonchev–Trinajstić information content (AvgIpc) is 2.04. The summed E-state index contributed by atoms with van der Waals surface area (Å²) in [6.07, 6.45) is 0. The van der Waals surface area contributed by atoms with Gasteiger partial charge in [0, 0.05) is 0 Å². The first-order valence-corrected chi connectivity index (χ1v) is 6.83. The first kappa shape index (κ1) is 13.1. The van der Waals surface area contributed by atoms with E-state index < -0.39 is 18.6 Å². The van der Waals surface area contributed by atoms with Gasteiger partial charge in [0.25, 0.3) is 0 Å². The minimum absolute atomic E-state index is 0.245. The van der Waals surface area contributed by atoms with Gasteiger partial charge in [-0.05, 0) is 0 Å². The van der Waals surface area contributed by atoms with Crippen molar-refractivity contribution in [3.05, 3.63) is 0 Å². The predicted octanol–water partition coefficient (Wildman–Crippen LogP) is 1.49. The first-order chi connectivity index (χ1) is 6.20. The van der Waals surface area contributed by atoms with Crippen molar-refractivity contribution >= 4 is 5.97 Å². The second-order valence-corrected chi connectivity index (χ2v) is 5.17. The van der Waals surface area contributed by atoms with Gasteiger partial charge in [-0.1, -0.05) is 0 Å². The van der Waals surface area contributed by atoms with Gasteiger partial charge >= 0.3 is 86.1 Å². The Hall–Kier alpha value is 0.104. The van der Waals surface area contributed by atoms with E-state index in [4.69, 9.17) is 11.4 Å². The zero-order valence-electron chi connectivity index (χ0n) is 8.46. The summed E-state index contributed by atoms with van der Waals surface area (Å²) in [6.45, 7) is 7.06. The van der Waals surface area contributed by atoms with E-state index in [2.05, 4.69) is 0 Å². The van der Waals surface area contributed by atoms with Gasteiger partial charge < -0.3 is 0 Å². The number of hydrogen-bond acceptors (Lipinski definition) is 4. The summed E-state index contributed by atoms with van der Waals surface area (Å²) in [7, 11) is 0. The van der Waals surface area contributed by atoms with Crippen LogP contribution in [0, 0.1) is 0 Å². The molecular formula is C8H17O4Ti. The molecule has 4 nitrogen and oxygen atoms in total. The van der Waals surface area contributed by atoms with Gasteiger partial charge in [0.15, 0.2) is 0 Å². The summed E-state index contributed by atoms with van der Waals surface area (Å²) in [5, 5.41) is 0. The van der Waals surface area contributed by atoms with E-state index in [1.54, 1.807) is 0 Å². The molecule has 0 fully saturated rings. The van der Waals surface area contributed by atoms with E-state index in [0.717, 1.165) is 4.73 Å². The standard InChI is InChI=1S/C4H7O2.2C2H5O.Ti/c1-3-6-4(2)5;2*1-2-3;/h1,3H2,2H3;2*2H2,1H3;/q;2*-1;+2. The Kier molecular flexibility index (Phi) is 8.76. The third-order valence-electron chi connectivity index (χ3n) is 1.22. The number of carbonyl (C=O) groups excluding carboxylic acids is 1. The Bertz CT molecular complexity index is 134. The second kappa shape index (κ2) is 8.69. The maximum absolute atomic E-state index is 10.5. The molecule has 0 atom stereocenters. The Morgan fingerprint density at radius 3 is 2.15 bits per heavy atom. The molecule has 13 heavy (non-hydrogen) atoms. The van der Waals surface area contributed by atoms with Crippen molar-refractivity contribution in [2.75, 3.05) is 19.8 Å². The Labute approximate surface area is 86.3 Å². The average molecular weight is 225 g/mol. The fraction of sp³-hybridized carbons (Fsp3) is 0.875. The van der Waals surface area contributed by atoms with Crippen molar-refractivity contribution in [3.63, 3.8) is 0 Å². The molecule has 0 rings (SSSR count). The summed E-state index contributed by atoms with van der Waals surface area (Å²) in [5.74, 6) is -0.245. The third kappa shape index (κ3) is 8.43. The molecule has 0 aliphatic rings. The van der Waals surface area contributed by atoms with Gasteiger partial charge in [0.1, 0.15) is 0 Å². The van der Waals surface area contributed by atoms with Crippen LogP contribution in [0.3, 0.4) is 0 Å². The number of ether oxygens (including phenoxy) is 1. The second-order valence-electron chi connectivity index (χ2n) is 2.33. The Morgan fingerprint density at radius 2 is 1.77 bits per heavy atom. The van der Waals surface area contributed by atoms with Crippen molar-refractivity contribution in [1.82, 2.24) is 0 Å². The third-order valence-corrected chi connectivity index (χ3v) is 4.09. The molecule has 0 heterocycles. The minimum atomic E-state index is -1.83. The zero-order valence-corrected chi connectivity index (χ0v) is 10.0. The molecule has 0 saturated heterocycles. The zero-order chi connectivity index (χ0) is 10.1. The number of carbonyl (C=O) groups is 1. The number of rotatable bonds is 7. The molecule has 0 aliphatic heterocycles. The summed E-state index contributed by atoms with van der Waals surface area (Å²) in [4.78, 5) is 10.5. The van der Waals surface area contributed by atoms with Gasteiger partial charge in [0.2, 0.25) is 0 Å². The quantitative estimate of drug-likeness (QED) is 0.486. The predicted molar refractivity (Wildman–Crippen MR) is 44.7 cm³/mol. The van der Waals surface area contributed by atoms with Crippen LogP contribution >= 0.6 is 0 Å². The van der Waals surface area contributed by atoms with E-state index in [9.17, 15) is 4.79 Å². The molecule has 0 radical (unpaired) electrons. The van der Waals surface area contributed by atoms with Gasteiger partial charge in [0.05, 0.1) is 0 Å². The van der Waals surface area contributed by atoms with Crippen LogP contribution in [0.5, 0.6) is 0 Å². The van der Waals surface area contributed by atoms with Crippen LogP contribution in [0.4, 0.5) is 0 Å². The van der Waals surface area contributed by atoms with Crippen LogP contribution in [0.25, 0.3) is 0 Å². The fourth-order valence-corrected chi connectivity index (χ4v) is 2.79. The molecule has 0 saturated carbocycles. The van der Waals surface area contributed by atoms with Crippen molar-refractivity contribution in [2.45, 2.75) is 25.5 Å². The molecule has 0 bridgehead atoms. The molecular weight excluding hydrogens is 208 g/mol. The summed E-state index contributed by atoms with van der Waals surface area (Å²) in [5.41, 5.74) is 0. The van der Waals surface area contributed by atoms with Crippen LogP contribution in [0.15, 0.2) is 0 Å². The van der Waals surface area contributed by atoms with Gasteiger partial charge in [-0.15, -0.1) is 0 Å². The molecule has 0 aromatic carbocycles. The molecule has 0 aromatic rings. The molecule has 0 aromatic heterocycles. The van der Waals surface area contributed by atoms with Crippen molar-refractivity contribution < 1.29 is 34.8 Å². The molecule has 0 unspecified atom stereocenters. The topological polar surface area (TPSA) is 44.8 Å². The van der Waals surface area contributed by atoms with Crippen LogP contribution < -0.4 is 0 Å². The Morgan fingerprint density at radius 1 is 1.23 bits per heavy atom. The molecule has 0 N–H and O–H groups in total. The molecule has 77 valence electrons. The summed E-state index contributed by atoms with van der Waals surface area (Å²) >= 11 is -1.83. The van der Waals surface area contributed by atoms with Crippen LogP contribution in [0.1, 0.15) is 20.8 Å². The maximum atomic E-state index is 10.5. The number of esters is 1. The van der Waals surface area contributed by atoms with Crippen LogP contribution in [0.2, 0.25) is 4.73 Å².